The molecule has 0 fully saturated rings. The minimum Gasteiger partial charge on any atom is -0.291 e. The van der Waals surface area contributed by atoms with Crippen LogP contribution in [0.15, 0.2) is 29.3 Å². The van der Waals surface area contributed by atoms with Gasteiger partial charge in [0, 0.05) is 6.21 Å². The van der Waals surface area contributed by atoms with E-state index in [1.54, 1.807) is 0 Å². The number of aliphatic imine (C=N–C) groups is 1. The van der Waals surface area contributed by atoms with Crippen molar-refractivity contribution in [1.82, 2.24) is 4.90 Å². The predicted octanol–water partition coefficient (Wildman–Crippen LogP) is 2.10. The predicted molar refractivity (Wildman–Crippen MR) is 55.6 cm³/mol. The van der Waals surface area contributed by atoms with E-state index < -0.39 is 0 Å². The number of hydrogen-bond donors (Lipinski definition) is 0. The second kappa shape index (κ2) is 6.80. The Morgan fingerprint density at radius 2 is 2.17 bits per heavy atom. The van der Waals surface area contributed by atoms with Gasteiger partial charge in [-0.15, -0.1) is 6.58 Å². The summed E-state index contributed by atoms with van der Waals surface area (Å²) < 4.78 is 0. The Morgan fingerprint density at radius 1 is 1.50 bits per heavy atom. The van der Waals surface area contributed by atoms with Crippen molar-refractivity contribution in [1.29, 1.82) is 0 Å². The maximum absolute atomic E-state index is 4.22. The average molecular weight is 166 g/mol. The first-order valence-electron chi connectivity index (χ1n) is 4.09. The van der Waals surface area contributed by atoms with Crippen LogP contribution in [0.4, 0.5) is 0 Å². The first kappa shape index (κ1) is 11.1. The molecule has 0 aliphatic rings. The maximum atomic E-state index is 4.22. The highest BCUT2D eigenvalue weighted by Gasteiger charge is 1.83. The van der Waals surface area contributed by atoms with Crippen molar-refractivity contribution in [2.24, 2.45) is 4.99 Å². The van der Waals surface area contributed by atoms with Crippen molar-refractivity contribution in [3.8, 4) is 0 Å². The van der Waals surface area contributed by atoms with Gasteiger partial charge in [0.1, 0.15) is 0 Å². The van der Waals surface area contributed by atoms with Gasteiger partial charge in [-0.2, -0.15) is 0 Å². The zero-order valence-electron chi connectivity index (χ0n) is 8.25. The molecule has 2 heteroatoms. The molecule has 0 aromatic rings. The Balaban J connectivity index is 3.73. The number of allylic oxidation sites excluding steroid dienone is 3. The summed E-state index contributed by atoms with van der Waals surface area (Å²) in [6, 6.07) is 0. The molecular formula is C10H18N2. The van der Waals surface area contributed by atoms with Crippen molar-refractivity contribution in [2.45, 2.75) is 13.3 Å². The molecule has 0 unspecified atom stereocenters. The Kier molecular flexibility index (Phi) is 6.29. The molecule has 0 bridgehead atoms. The van der Waals surface area contributed by atoms with Crippen molar-refractivity contribution in [3.05, 3.63) is 24.3 Å². The lowest BCUT2D eigenvalue weighted by molar-refractivity contribution is 0.425. The fourth-order valence-electron chi connectivity index (χ4n) is 0.670. The summed E-state index contributed by atoms with van der Waals surface area (Å²) in [5.74, 6) is 0. The van der Waals surface area contributed by atoms with Crippen LogP contribution >= 0.6 is 0 Å². The third kappa shape index (κ3) is 7.22. The molecular weight excluding hydrogens is 148 g/mol. The molecule has 0 atom stereocenters. The van der Waals surface area contributed by atoms with Crippen LogP contribution in [0.1, 0.15) is 13.3 Å². The van der Waals surface area contributed by atoms with Crippen molar-refractivity contribution >= 4 is 6.21 Å². The first-order chi connectivity index (χ1) is 5.66. The Labute approximate surface area is 75.3 Å². The molecule has 0 saturated carbocycles. The van der Waals surface area contributed by atoms with Gasteiger partial charge in [0.25, 0.3) is 0 Å². The van der Waals surface area contributed by atoms with Crippen LogP contribution in [-0.2, 0) is 0 Å². The molecule has 0 heterocycles. The average Bonchev–Trinajstić information content (AvgIpc) is 2.00. The lowest BCUT2D eigenvalue weighted by Gasteiger charge is -2.02. The standard InChI is InChI=1S/C10H18N2/c1-5-6-7-10(2)8-11-9-12(3)4/h5,7-8H,1,6,9H2,2-4H3/b10-7-,11-8?. The van der Waals surface area contributed by atoms with Gasteiger partial charge in [0.05, 0.1) is 6.67 Å². The summed E-state index contributed by atoms with van der Waals surface area (Å²) in [4.78, 5) is 6.25. The monoisotopic (exact) mass is 166 g/mol. The smallest absolute Gasteiger partial charge is 0.0904 e. The van der Waals surface area contributed by atoms with Gasteiger partial charge in [-0.1, -0.05) is 12.2 Å². The first-order valence-corrected chi connectivity index (χ1v) is 4.09. The molecule has 0 radical (unpaired) electrons. The largest absolute Gasteiger partial charge is 0.291 e. The van der Waals surface area contributed by atoms with E-state index in [0.717, 1.165) is 13.1 Å². The summed E-state index contributed by atoms with van der Waals surface area (Å²) in [6.45, 7) is 6.44. The lowest BCUT2D eigenvalue weighted by Crippen LogP contribution is -2.10. The summed E-state index contributed by atoms with van der Waals surface area (Å²) in [6.07, 6.45) is 6.79. The fraction of sp³-hybridized carbons (Fsp3) is 0.500. The highest BCUT2D eigenvalue weighted by atomic mass is 15.1. The Morgan fingerprint density at radius 3 is 2.67 bits per heavy atom. The third-order valence-corrected chi connectivity index (χ3v) is 1.27. The lowest BCUT2D eigenvalue weighted by atomic mass is 10.2. The van der Waals surface area contributed by atoms with E-state index in [0.29, 0.717) is 0 Å². The van der Waals surface area contributed by atoms with E-state index in [1.165, 1.54) is 5.57 Å². The maximum Gasteiger partial charge on any atom is 0.0904 e. The zero-order chi connectivity index (χ0) is 9.40. The summed E-state index contributed by atoms with van der Waals surface area (Å²) in [5, 5.41) is 0. The summed E-state index contributed by atoms with van der Waals surface area (Å²) >= 11 is 0. The van der Waals surface area contributed by atoms with Crippen molar-refractivity contribution in [3.63, 3.8) is 0 Å². The van der Waals surface area contributed by atoms with Gasteiger partial charge in [0.15, 0.2) is 0 Å². The Hall–Kier alpha value is -0.890. The quantitative estimate of drug-likeness (QED) is 0.451. The van der Waals surface area contributed by atoms with Crippen molar-refractivity contribution < 1.29 is 0 Å². The van der Waals surface area contributed by atoms with Gasteiger partial charge in [-0.25, -0.2) is 0 Å². The van der Waals surface area contributed by atoms with E-state index in [-0.39, 0.29) is 0 Å². The van der Waals surface area contributed by atoms with Crippen LogP contribution in [-0.4, -0.2) is 31.9 Å². The molecule has 0 N–H and O–H groups in total. The second-order valence-corrected chi connectivity index (χ2v) is 3.01. The Bertz CT molecular complexity index is 178. The molecule has 12 heavy (non-hydrogen) atoms. The van der Waals surface area contributed by atoms with E-state index >= 15 is 0 Å². The molecule has 0 aliphatic carbocycles. The molecule has 0 aliphatic heterocycles. The normalized spacial score (nSPS) is 12.8. The zero-order valence-corrected chi connectivity index (χ0v) is 8.25. The van der Waals surface area contributed by atoms with Crippen LogP contribution < -0.4 is 0 Å². The summed E-state index contributed by atoms with van der Waals surface area (Å²) in [7, 11) is 4.00. The molecule has 0 aromatic carbocycles. The number of hydrogen-bond acceptors (Lipinski definition) is 2. The minimum absolute atomic E-state index is 0.749. The highest BCUT2D eigenvalue weighted by molar-refractivity contribution is 5.77. The molecule has 2 nitrogen and oxygen atoms in total. The van der Waals surface area contributed by atoms with Gasteiger partial charge in [-0.3, -0.25) is 9.89 Å². The molecule has 68 valence electrons. The van der Waals surface area contributed by atoms with Crippen LogP contribution in [0.25, 0.3) is 0 Å². The number of nitrogens with zero attached hydrogens (tertiary/aromatic N) is 2. The van der Waals surface area contributed by atoms with E-state index in [1.807, 2.05) is 38.2 Å². The highest BCUT2D eigenvalue weighted by Crippen LogP contribution is 1.92. The second-order valence-electron chi connectivity index (χ2n) is 3.01. The van der Waals surface area contributed by atoms with Gasteiger partial charge in [-0.05, 0) is 33.0 Å². The van der Waals surface area contributed by atoms with Crippen molar-refractivity contribution in [2.75, 3.05) is 20.8 Å². The van der Waals surface area contributed by atoms with Gasteiger partial charge < -0.3 is 0 Å². The third-order valence-electron chi connectivity index (χ3n) is 1.27. The van der Waals surface area contributed by atoms with Crippen LogP contribution in [0.2, 0.25) is 0 Å². The van der Waals surface area contributed by atoms with Crippen LogP contribution in [0.3, 0.4) is 0 Å². The summed E-state index contributed by atoms with van der Waals surface area (Å²) in [5.41, 5.74) is 1.19. The van der Waals surface area contributed by atoms with Gasteiger partial charge in [0.2, 0.25) is 0 Å². The van der Waals surface area contributed by atoms with Gasteiger partial charge >= 0.3 is 0 Å². The van der Waals surface area contributed by atoms with E-state index in [9.17, 15) is 0 Å². The SMILES string of the molecule is C=CC/C=C(/C)C=NCN(C)C. The van der Waals surface area contributed by atoms with E-state index in [2.05, 4.69) is 17.6 Å². The van der Waals surface area contributed by atoms with Crippen LogP contribution in [0, 0.1) is 0 Å². The molecule has 0 saturated heterocycles. The molecule has 0 spiro atoms. The van der Waals surface area contributed by atoms with Crippen LogP contribution in [0.5, 0.6) is 0 Å². The van der Waals surface area contributed by atoms with E-state index in [4.69, 9.17) is 0 Å². The topological polar surface area (TPSA) is 15.6 Å². The minimum atomic E-state index is 0.749. The molecule has 0 rings (SSSR count). The fourth-order valence-corrected chi connectivity index (χ4v) is 0.670. The number of rotatable bonds is 5. The molecule has 0 amide bonds. The molecule has 0 aromatic heterocycles.